The lowest BCUT2D eigenvalue weighted by Gasteiger charge is -2.13. The fourth-order valence-corrected chi connectivity index (χ4v) is 2.49. The fraction of sp³-hybridized carbons (Fsp3) is 0.190. The summed E-state index contributed by atoms with van der Waals surface area (Å²) in [4.78, 5) is 22.8. The molecule has 1 amide bonds. The molecule has 0 spiro atoms. The summed E-state index contributed by atoms with van der Waals surface area (Å²) in [5, 5.41) is 5.93. The van der Waals surface area contributed by atoms with E-state index in [1.54, 1.807) is 12.1 Å². The van der Waals surface area contributed by atoms with Crippen LogP contribution in [0, 0.1) is 0 Å². The van der Waals surface area contributed by atoms with Crippen molar-refractivity contribution in [3.63, 3.8) is 0 Å². The minimum Gasteiger partial charge on any atom is -0.494 e. The van der Waals surface area contributed by atoms with Crippen molar-refractivity contribution in [1.82, 2.24) is 9.97 Å². The summed E-state index contributed by atoms with van der Waals surface area (Å²) in [6, 6.07) is 15.1. The van der Waals surface area contributed by atoms with Crippen LogP contribution < -0.4 is 20.3 Å². The van der Waals surface area contributed by atoms with Crippen molar-refractivity contribution >= 4 is 28.9 Å². The van der Waals surface area contributed by atoms with Gasteiger partial charge in [-0.15, -0.1) is 0 Å². The maximum atomic E-state index is 12.3. The smallest absolute Gasteiger partial charge is 0.258 e. The van der Waals surface area contributed by atoms with Crippen LogP contribution >= 0.6 is 0 Å². The number of hydrogen-bond donors (Lipinski definition) is 2. The van der Waals surface area contributed by atoms with E-state index in [-0.39, 0.29) is 5.91 Å². The molecular formula is C21H23N5O2. The van der Waals surface area contributed by atoms with E-state index in [1.165, 1.54) is 12.4 Å². The topological polar surface area (TPSA) is 79.4 Å². The maximum Gasteiger partial charge on any atom is 0.258 e. The molecule has 3 rings (SSSR count). The van der Waals surface area contributed by atoms with Crippen LogP contribution in [0.15, 0.2) is 60.9 Å². The first-order chi connectivity index (χ1) is 13.5. The van der Waals surface area contributed by atoms with Crippen molar-refractivity contribution in [2.75, 3.05) is 36.2 Å². The van der Waals surface area contributed by atoms with Crippen LogP contribution in [0.2, 0.25) is 0 Å². The number of carbonyl (C=O) groups is 1. The lowest BCUT2D eigenvalue weighted by molar-refractivity contribution is 0.102. The van der Waals surface area contributed by atoms with Crippen LogP contribution in [0.25, 0.3) is 0 Å². The number of nitrogens with zero attached hydrogens (tertiary/aromatic N) is 3. The lowest BCUT2D eigenvalue weighted by atomic mass is 10.2. The predicted octanol–water partition coefficient (Wildman–Crippen LogP) is 3.94. The second kappa shape index (κ2) is 8.85. The summed E-state index contributed by atoms with van der Waals surface area (Å²) in [6.07, 6.45) is 2.99. The SMILES string of the molecule is CCOc1ccc(NC(=O)c2cnc(Nc3ccc(N(C)C)cc3)nc2)cc1. The third kappa shape index (κ3) is 4.97. The van der Waals surface area contributed by atoms with Crippen molar-refractivity contribution in [2.24, 2.45) is 0 Å². The predicted molar refractivity (Wildman–Crippen MR) is 112 cm³/mol. The van der Waals surface area contributed by atoms with Gasteiger partial charge in [-0.25, -0.2) is 9.97 Å². The molecule has 0 atom stereocenters. The Kier molecular flexibility index (Phi) is 6.06. The molecule has 7 heteroatoms. The molecule has 0 aliphatic heterocycles. The van der Waals surface area contributed by atoms with Gasteiger partial charge < -0.3 is 20.3 Å². The van der Waals surface area contributed by atoms with Gasteiger partial charge in [-0.2, -0.15) is 0 Å². The fourth-order valence-electron chi connectivity index (χ4n) is 2.49. The first kappa shape index (κ1) is 19.2. The number of carbonyl (C=O) groups excluding carboxylic acids is 1. The zero-order valence-corrected chi connectivity index (χ0v) is 16.1. The molecule has 0 aliphatic carbocycles. The minimum absolute atomic E-state index is 0.272. The highest BCUT2D eigenvalue weighted by atomic mass is 16.5. The molecule has 1 aromatic heterocycles. The molecule has 7 nitrogen and oxygen atoms in total. The highest BCUT2D eigenvalue weighted by Crippen LogP contribution is 2.19. The summed E-state index contributed by atoms with van der Waals surface area (Å²) in [6.45, 7) is 2.52. The molecule has 3 aromatic rings. The molecule has 0 bridgehead atoms. The maximum absolute atomic E-state index is 12.3. The Morgan fingerprint density at radius 1 is 0.964 bits per heavy atom. The van der Waals surface area contributed by atoms with E-state index in [0.717, 1.165) is 17.1 Å². The molecule has 0 radical (unpaired) electrons. The molecule has 0 saturated heterocycles. The van der Waals surface area contributed by atoms with Gasteiger partial charge in [0.05, 0.1) is 12.2 Å². The molecule has 2 aromatic carbocycles. The van der Waals surface area contributed by atoms with E-state index < -0.39 is 0 Å². The lowest BCUT2D eigenvalue weighted by Crippen LogP contribution is -2.13. The Labute approximate surface area is 164 Å². The number of hydrogen-bond acceptors (Lipinski definition) is 6. The number of ether oxygens (including phenoxy) is 1. The number of benzene rings is 2. The second-order valence-corrected chi connectivity index (χ2v) is 6.27. The number of amides is 1. The molecule has 28 heavy (non-hydrogen) atoms. The van der Waals surface area contributed by atoms with Crippen LogP contribution in [0.3, 0.4) is 0 Å². The zero-order chi connectivity index (χ0) is 19.9. The quantitative estimate of drug-likeness (QED) is 0.649. The first-order valence-corrected chi connectivity index (χ1v) is 8.96. The Morgan fingerprint density at radius 2 is 1.57 bits per heavy atom. The van der Waals surface area contributed by atoms with Crippen LogP contribution in [0.5, 0.6) is 5.75 Å². The number of nitrogens with one attached hydrogen (secondary N) is 2. The van der Waals surface area contributed by atoms with Crippen LogP contribution in [-0.4, -0.2) is 36.6 Å². The molecule has 144 valence electrons. The van der Waals surface area contributed by atoms with E-state index in [2.05, 4.69) is 20.6 Å². The van der Waals surface area contributed by atoms with Crippen LogP contribution in [0.1, 0.15) is 17.3 Å². The number of rotatable bonds is 7. The summed E-state index contributed by atoms with van der Waals surface area (Å²) < 4.78 is 5.39. The van der Waals surface area contributed by atoms with E-state index in [9.17, 15) is 4.79 Å². The third-order valence-electron chi connectivity index (χ3n) is 3.98. The summed E-state index contributed by atoms with van der Waals surface area (Å²) in [7, 11) is 3.98. The minimum atomic E-state index is -0.272. The number of aromatic nitrogens is 2. The Morgan fingerprint density at radius 3 is 2.14 bits per heavy atom. The molecular weight excluding hydrogens is 354 g/mol. The summed E-state index contributed by atoms with van der Waals surface area (Å²) in [5.41, 5.74) is 3.03. The normalized spacial score (nSPS) is 10.2. The van der Waals surface area contributed by atoms with Crippen LogP contribution in [-0.2, 0) is 0 Å². The molecule has 0 saturated carbocycles. The Hall–Kier alpha value is -3.61. The average molecular weight is 377 g/mol. The van der Waals surface area contributed by atoms with Gasteiger partial charge in [-0.3, -0.25) is 4.79 Å². The molecule has 0 unspecified atom stereocenters. The monoisotopic (exact) mass is 377 g/mol. The largest absolute Gasteiger partial charge is 0.494 e. The van der Waals surface area contributed by atoms with Crippen molar-refractivity contribution in [1.29, 1.82) is 0 Å². The standard InChI is InChI=1S/C21H23N5O2/c1-4-28-19-11-7-16(8-12-19)24-20(27)15-13-22-21(23-14-15)25-17-5-9-18(10-6-17)26(2)3/h5-14H,4H2,1-3H3,(H,24,27)(H,22,23,25). The molecule has 0 aliphatic rings. The van der Waals surface area contributed by atoms with E-state index in [0.29, 0.717) is 23.8 Å². The van der Waals surface area contributed by atoms with Crippen molar-refractivity contribution in [3.8, 4) is 5.75 Å². The summed E-state index contributed by atoms with van der Waals surface area (Å²) in [5.74, 6) is 0.916. The van der Waals surface area contributed by atoms with Crippen molar-refractivity contribution in [3.05, 3.63) is 66.5 Å². The molecule has 0 fully saturated rings. The highest BCUT2D eigenvalue weighted by Gasteiger charge is 2.08. The first-order valence-electron chi connectivity index (χ1n) is 8.96. The van der Waals surface area contributed by atoms with Crippen LogP contribution in [0.4, 0.5) is 23.0 Å². The van der Waals surface area contributed by atoms with Crippen molar-refractivity contribution < 1.29 is 9.53 Å². The second-order valence-electron chi connectivity index (χ2n) is 6.27. The highest BCUT2D eigenvalue weighted by molar-refractivity contribution is 6.03. The van der Waals surface area contributed by atoms with Gasteiger partial charge in [0.2, 0.25) is 5.95 Å². The van der Waals surface area contributed by atoms with Gasteiger partial charge in [0.15, 0.2) is 0 Å². The third-order valence-corrected chi connectivity index (χ3v) is 3.98. The van der Waals surface area contributed by atoms with Gasteiger partial charge >= 0.3 is 0 Å². The molecule has 2 N–H and O–H groups in total. The molecule has 1 heterocycles. The van der Waals surface area contributed by atoms with Gasteiger partial charge in [0.1, 0.15) is 5.75 Å². The number of anilines is 4. The van der Waals surface area contributed by atoms with Gasteiger partial charge in [-0.1, -0.05) is 0 Å². The Bertz CT molecular complexity index is 907. The van der Waals surface area contributed by atoms with Gasteiger partial charge in [0.25, 0.3) is 5.91 Å². The van der Waals surface area contributed by atoms with Gasteiger partial charge in [0, 0.05) is 43.6 Å². The van der Waals surface area contributed by atoms with E-state index in [1.807, 2.05) is 62.3 Å². The van der Waals surface area contributed by atoms with Crippen molar-refractivity contribution in [2.45, 2.75) is 6.92 Å². The average Bonchev–Trinajstić information content (AvgIpc) is 2.70. The Balaban J connectivity index is 1.60. The summed E-state index contributed by atoms with van der Waals surface area (Å²) >= 11 is 0. The van der Waals surface area contributed by atoms with E-state index >= 15 is 0 Å². The van der Waals surface area contributed by atoms with Gasteiger partial charge in [-0.05, 0) is 55.5 Å². The zero-order valence-electron chi connectivity index (χ0n) is 16.1. The van der Waals surface area contributed by atoms with E-state index in [4.69, 9.17) is 4.74 Å².